The normalized spacial score (nSPS) is 34.1. The van der Waals surface area contributed by atoms with Gasteiger partial charge in [0, 0.05) is 28.3 Å². The van der Waals surface area contributed by atoms with E-state index in [1.54, 1.807) is 41.3 Å². The van der Waals surface area contributed by atoms with Crippen molar-refractivity contribution in [1.29, 1.82) is 0 Å². The van der Waals surface area contributed by atoms with Gasteiger partial charge in [-0.25, -0.2) is 0 Å². The van der Waals surface area contributed by atoms with Crippen LogP contribution < -0.4 is 10.6 Å². The Morgan fingerprint density at radius 1 is 1.00 bits per heavy atom. The van der Waals surface area contributed by atoms with Crippen molar-refractivity contribution < 1.29 is 19.1 Å². The van der Waals surface area contributed by atoms with E-state index in [0.29, 0.717) is 27.6 Å². The van der Waals surface area contributed by atoms with E-state index in [2.05, 4.69) is 24.5 Å². The molecule has 1 spiro atoms. The molecular weight excluding hydrogens is 549 g/mol. The molecule has 2 N–H and O–H groups in total. The molecule has 6 rings (SSSR count). The van der Waals surface area contributed by atoms with Crippen LogP contribution in [-0.2, 0) is 25.7 Å². The van der Waals surface area contributed by atoms with Crippen molar-refractivity contribution in [2.75, 3.05) is 5.32 Å². The first-order valence-corrected chi connectivity index (χ1v) is 14.7. The molecule has 2 saturated heterocycles. The Balaban J connectivity index is 1.32. The molecule has 7 nitrogen and oxygen atoms in total. The minimum atomic E-state index is -1.22. The summed E-state index contributed by atoms with van der Waals surface area (Å²) in [6.07, 6.45) is 6.16. The first-order chi connectivity index (χ1) is 19.2. The van der Waals surface area contributed by atoms with Crippen LogP contribution in [0, 0.1) is 23.7 Å². The topological polar surface area (TPSA) is 87.7 Å². The van der Waals surface area contributed by atoms with E-state index in [0.717, 1.165) is 24.8 Å². The summed E-state index contributed by atoms with van der Waals surface area (Å²) in [7, 11) is 0. The van der Waals surface area contributed by atoms with E-state index in [1.165, 1.54) is 0 Å². The molecule has 3 fully saturated rings. The molecule has 6 unspecified atom stereocenters. The van der Waals surface area contributed by atoms with Gasteiger partial charge in [-0.2, -0.15) is 0 Å². The highest BCUT2D eigenvalue weighted by atomic mass is 35.5. The van der Waals surface area contributed by atoms with Crippen LogP contribution in [0.3, 0.4) is 0 Å². The molecule has 0 aromatic heterocycles. The molecule has 210 valence electrons. The molecule has 2 aromatic carbocycles. The van der Waals surface area contributed by atoms with Crippen LogP contribution in [0.25, 0.3) is 0 Å². The molecule has 3 amide bonds. The van der Waals surface area contributed by atoms with E-state index in [1.807, 2.05) is 24.3 Å². The number of fused-ring (bicyclic) bond motifs is 1. The van der Waals surface area contributed by atoms with Crippen molar-refractivity contribution in [1.82, 2.24) is 10.2 Å². The van der Waals surface area contributed by atoms with Crippen molar-refractivity contribution in [3.63, 3.8) is 0 Å². The number of hydrogen-bond acceptors (Lipinski definition) is 4. The van der Waals surface area contributed by atoms with E-state index in [-0.39, 0.29) is 30.3 Å². The van der Waals surface area contributed by atoms with E-state index < -0.39 is 29.6 Å². The molecule has 2 aromatic rings. The minimum absolute atomic E-state index is 0.0192. The van der Waals surface area contributed by atoms with Crippen molar-refractivity contribution >= 4 is 46.6 Å². The third-order valence-corrected chi connectivity index (χ3v) is 9.84. The maximum absolute atomic E-state index is 14.2. The molecule has 8 atom stereocenters. The van der Waals surface area contributed by atoms with Gasteiger partial charge in [-0.15, -0.1) is 0 Å². The lowest BCUT2D eigenvalue weighted by atomic mass is 9.73. The van der Waals surface area contributed by atoms with Gasteiger partial charge < -0.3 is 20.3 Å². The molecule has 4 aliphatic rings. The van der Waals surface area contributed by atoms with Crippen LogP contribution in [0.5, 0.6) is 0 Å². The number of benzene rings is 2. The first-order valence-electron chi connectivity index (χ1n) is 14.0. The van der Waals surface area contributed by atoms with Crippen LogP contribution in [0.15, 0.2) is 60.7 Å². The standard InChI is InChI=1S/C31H33Cl2N3O4/c1-17-4-3-5-23(18(17)2)35-29(38)27-31-15-14-24(40-31)25(28(37)34-22-12-10-21(33)11-13-22)26(31)30(39)36(27)16-19-6-8-20(32)9-7-19/h6-15,17-18,23-27H,3-5,16H2,1-2H3,(H,34,37)(H,35,38)/t17?,18?,23?,24-,25?,26-,27?,31?/m1/s1. The van der Waals surface area contributed by atoms with Gasteiger partial charge >= 0.3 is 0 Å². The number of halogens is 2. The minimum Gasteiger partial charge on any atom is -0.359 e. The second-order valence-electron chi connectivity index (χ2n) is 11.7. The molecule has 0 radical (unpaired) electrons. The lowest BCUT2D eigenvalue weighted by Crippen LogP contribution is -2.57. The highest BCUT2D eigenvalue weighted by Crippen LogP contribution is 2.55. The summed E-state index contributed by atoms with van der Waals surface area (Å²) in [6.45, 7) is 4.60. The summed E-state index contributed by atoms with van der Waals surface area (Å²) >= 11 is 12.1. The Morgan fingerprint density at radius 3 is 2.38 bits per heavy atom. The van der Waals surface area contributed by atoms with Crippen LogP contribution in [0.1, 0.15) is 38.7 Å². The average Bonchev–Trinajstić information content (AvgIpc) is 3.57. The number of rotatable bonds is 6. The fraction of sp³-hybridized carbons (Fsp3) is 0.452. The quantitative estimate of drug-likeness (QED) is 0.457. The summed E-state index contributed by atoms with van der Waals surface area (Å²) in [5.41, 5.74) is 0.199. The Kier molecular flexibility index (Phi) is 7.18. The molecule has 2 bridgehead atoms. The first kappa shape index (κ1) is 27.3. The van der Waals surface area contributed by atoms with E-state index >= 15 is 0 Å². The highest BCUT2D eigenvalue weighted by Gasteiger charge is 2.72. The van der Waals surface area contributed by atoms with E-state index in [4.69, 9.17) is 27.9 Å². The summed E-state index contributed by atoms with van der Waals surface area (Å²) < 4.78 is 6.47. The number of hydrogen-bond donors (Lipinski definition) is 2. The van der Waals surface area contributed by atoms with Crippen molar-refractivity contribution in [3.05, 3.63) is 76.3 Å². The van der Waals surface area contributed by atoms with Gasteiger partial charge in [0.15, 0.2) is 0 Å². The zero-order valence-corrected chi connectivity index (χ0v) is 24.0. The van der Waals surface area contributed by atoms with Gasteiger partial charge in [-0.05, 0) is 60.2 Å². The summed E-state index contributed by atoms with van der Waals surface area (Å²) in [6, 6.07) is 13.2. The third kappa shape index (κ3) is 4.62. The summed E-state index contributed by atoms with van der Waals surface area (Å²) in [5, 5.41) is 7.35. The van der Waals surface area contributed by atoms with Gasteiger partial charge in [0.05, 0.1) is 17.9 Å². The van der Waals surface area contributed by atoms with Crippen LogP contribution in [0.4, 0.5) is 5.69 Å². The lowest BCUT2D eigenvalue weighted by molar-refractivity contribution is -0.142. The highest BCUT2D eigenvalue weighted by molar-refractivity contribution is 6.30. The summed E-state index contributed by atoms with van der Waals surface area (Å²) in [5.74, 6) is -1.59. The Morgan fingerprint density at radius 2 is 1.68 bits per heavy atom. The smallest absolute Gasteiger partial charge is 0.246 e. The number of ether oxygens (including phenoxy) is 1. The lowest BCUT2D eigenvalue weighted by Gasteiger charge is -2.38. The van der Waals surface area contributed by atoms with Crippen LogP contribution in [0.2, 0.25) is 10.0 Å². The van der Waals surface area contributed by atoms with Gasteiger partial charge in [-0.3, -0.25) is 14.4 Å². The van der Waals surface area contributed by atoms with Gasteiger partial charge in [0.2, 0.25) is 17.7 Å². The fourth-order valence-corrected chi connectivity index (χ4v) is 7.28. The second kappa shape index (κ2) is 10.5. The van der Waals surface area contributed by atoms with Crippen molar-refractivity contribution in [3.8, 4) is 0 Å². The second-order valence-corrected chi connectivity index (χ2v) is 12.5. The predicted molar refractivity (Wildman–Crippen MR) is 154 cm³/mol. The largest absolute Gasteiger partial charge is 0.359 e. The number of nitrogens with zero attached hydrogens (tertiary/aromatic N) is 1. The van der Waals surface area contributed by atoms with Crippen molar-refractivity contribution in [2.45, 2.75) is 63.4 Å². The number of carbonyl (C=O) groups excluding carboxylic acids is 3. The molecule has 1 aliphatic carbocycles. The maximum Gasteiger partial charge on any atom is 0.246 e. The van der Waals surface area contributed by atoms with Crippen LogP contribution >= 0.6 is 23.2 Å². The van der Waals surface area contributed by atoms with Gasteiger partial charge in [0.1, 0.15) is 11.6 Å². The zero-order valence-electron chi connectivity index (χ0n) is 22.5. The number of carbonyl (C=O) groups is 3. The molecule has 9 heteroatoms. The van der Waals surface area contributed by atoms with Crippen LogP contribution in [-0.4, -0.2) is 46.4 Å². The number of likely N-dealkylation sites (tertiary alicyclic amines) is 1. The predicted octanol–water partition coefficient (Wildman–Crippen LogP) is 5.22. The SMILES string of the molecule is CC1CCCC(NC(=O)C2N(Cc3ccc(Cl)cc3)C(=O)[C@H]3C(C(=O)Nc4ccc(Cl)cc4)[C@H]4C=CC23O4)C1C. The van der Waals surface area contributed by atoms with Gasteiger partial charge in [0.25, 0.3) is 0 Å². The summed E-state index contributed by atoms with van der Waals surface area (Å²) in [4.78, 5) is 43.5. The number of amides is 3. The molecular formula is C31H33Cl2N3O4. The fourth-order valence-electron chi connectivity index (χ4n) is 7.03. The third-order valence-electron chi connectivity index (χ3n) is 9.34. The van der Waals surface area contributed by atoms with Gasteiger partial charge in [-0.1, -0.05) is 74.2 Å². The Labute approximate surface area is 244 Å². The zero-order chi connectivity index (χ0) is 28.2. The molecule has 40 heavy (non-hydrogen) atoms. The average molecular weight is 583 g/mol. The molecule has 3 heterocycles. The molecule has 3 aliphatic heterocycles. The Bertz CT molecular complexity index is 1350. The number of nitrogens with one attached hydrogen (secondary N) is 2. The van der Waals surface area contributed by atoms with E-state index in [9.17, 15) is 14.4 Å². The number of anilines is 1. The maximum atomic E-state index is 14.2. The Hall–Kier alpha value is -2.87. The monoisotopic (exact) mass is 581 g/mol. The van der Waals surface area contributed by atoms with Crippen molar-refractivity contribution in [2.24, 2.45) is 23.7 Å². The molecule has 1 saturated carbocycles.